The average molecular weight is 359 g/mol. The van der Waals surface area contributed by atoms with Gasteiger partial charge in [-0.05, 0) is 50.2 Å². The van der Waals surface area contributed by atoms with Gasteiger partial charge in [0.1, 0.15) is 0 Å². The molecule has 0 aromatic carbocycles. The molecule has 5 nitrogen and oxygen atoms in total. The van der Waals surface area contributed by atoms with Crippen molar-refractivity contribution in [3.63, 3.8) is 0 Å². The molecule has 0 amide bonds. The standard InChI is InChI=1S/C19H26N4OS/c1-15-11-20-18(21-12-15)23-7-5-19(6-8-23)10-16(14-24-19)22(2)13-17-4-3-9-25-17/h3-4,9,11-12,16H,5-8,10,13-14H2,1-2H3. The van der Waals surface area contributed by atoms with Gasteiger partial charge in [0.15, 0.2) is 0 Å². The van der Waals surface area contributed by atoms with E-state index in [4.69, 9.17) is 4.74 Å². The highest BCUT2D eigenvalue weighted by Gasteiger charge is 2.44. The Hall–Kier alpha value is -1.50. The molecule has 0 aliphatic carbocycles. The third-order valence-electron chi connectivity index (χ3n) is 5.52. The summed E-state index contributed by atoms with van der Waals surface area (Å²) >= 11 is 1.83. The molecule has 0 radical (unpaired) electrons. The molecule has 0 N–H and O–H groups in total. The first-order valence-electron chi connectivity index (χ1n) is 9.04. The number of anilines is 1. The minimum atomic E-state index is 0.0512. The van der Waals surface area contributed by atoms with Crippen molar-refractivity contribution in [1.29, 1.82) is 0 Å². The molecule has 1 unspecified atom stereocenters. The van der Waals surface area contributed by atoms with E-state index in [9.17, 15) is 0 Å². The summed E-state index contributed by atoms with van der Waals surface area (Å²) in [5.74, 6) is 0.852. The van der Waals surface area contributed by atoms with Crippen LogP contribution in [0.4, 0.5) is 5.95 Å². The zero-order chi connectivity index (χ0) is 17.3. The number of ether oxygens (including phenoxy) is 1. The summed E-state index contributed by atoms with van der Waals surface area (Å²) in [6.07, 6.45) is 7.06. The van der Waals surface area contributed by atoms with Crippen molar-refractivity contribution in [3.05, 3.63) is 40.3 Å². The lowest BCUT2D eigenvalue weighted by atomic mass is 9.87. The van der Waals surface area contributed by atoms with Crippen molar-refractivity contribution in [2.45, 2.75) is 44.4 Å². The highest BCUT2D eigenvalue weighted by molar-refractivity contribution is 7.09. The molecular weight excluding hydrogens is 332 g/mol. The maximum absolute atomic E-state index is 6.33. The van der Waals surface area contributed by atoms with Crippen LogP contribution in [-0.4, -0.2) is 53.3 Å². The SMILES string of the molecule is Cc1cnc(N2CCC3(CC2)CC(N(C)Cc2cccs2)CO3)nc1. The van der Waals surface area contributed by atoms with Gasteiger partial charge in [-0.15, -0.1) is 11.3 Å². The Kier molecular flexibility index (Phi) is 4.75. The van der Waals surface area contributed by atoms with Gasteiger partial charge in [0, 0.05) is 42.9 Å². The van der Waals surface area contributed by atoms with Crippen LogP contribution in [0.3, 0.4) is 0 Å². The van der Waals surface area contributed by atoms with Gasteiger partial charge in [-0.25, -0.2) is 9.97 Å². The molecule has 1 spiro atoms. The Labute approximate surface area is 153 Å². The molecule has 2 aliphatic rings. The largest absolute Gasteiger partial charge is 0.373 e. The summed E-state index contributed by atoms with van der Waals surface area (Å²) in [4.78, 5) is 15.1. The van der Waals surface area contributed by atoms with Gasteiger partial charge >= 0.3 is 0 Å². The Bertz CT molecular complexity index is 680. The lowest BCUT2D eigenvalue weighted by molar-refractivity contribution is -0.0159. The third kappa shape index (κ3) is 3.71. The van der Waals surface area contributed by atoms with Crippen molar-refractivity contribution in [2.75, 3.05) is 31.6 Å². The molecule has 4 rings (SSSR count). The van der Waals surface area contributed by atoms with Gasteiger partial charge in [-0.2, -0.15) is 0 Å². The fraction of sp³-hybridized carbons (Fsp3) is 0.579. The fourth-order valence-electron chi connectivity index (χ4n) is 3.89. The van der Waals surface area contributed by atoms with Crippen molar-refractivity contribution >= 4 is 17.3 Å². The topological polar surface area (TPSA) is 41.5 Å². The predicted molar refractivity (Wildman–Crippen MR) is 101 cm³/mol. The maximum atomic E-state index is 6.33. The number of hydrogen-bond donors (Lipinski definition) is 0. The number of hydrogen-bond acceptors (Lipinski definition) is 6. The van der Waals surface area contributed by atoms with Gasteiger partial charge in [0.2, 0.25) is 5.95 Å². The highest BCUT2D eigenvalue weighted by Crippen LogP contribution is 2.38. The molecule has 25 heavy (non-hydrogen) atoms. The Morgan fingerprint density at radius 1 is 1.32 bits per heavy atom. The predicted octanol–water partition coefficient (Wildman–Crippen LogP) is 3.11. The van der Waals surface area contributed by atoms with Crippen LogP contribution in [0, 0.1) is 6.92 Å². The molecule has 2 saturated heterocycles. The van der Waals surface area contributed by atoms with E-state index in [1.54, 1.807) is 0 Å². The van der Waals surface area contributed by atoms with Crippen LogP contribution in [0.2, 0.25) is 0 Å². The van der Waals surface area contributed by atoms with E-state index in [0.717, 1.165) is 57.0 Å². The molecule has 0 saturated carbocycles. The number of nitrogens with zero attached hydrogens (tertiary/aromatic N) is 4. The Balaban J connectivity index is 1.33. The van der Waals surface area contributed by atoms with Crippen LogP contribution >= 0.6 is 11.3 Å². The lowest BCUT2D eigenvalue weighted by Gasteiger charge is -2.39. The lowest BCUT2D eigenvalue weighted by Crippen LogP contribution is -2.45. The number of rotatable bonds is 4. The molecule has 2 aromatic heterocycles. The molecule has 4 heterocycles. The number of piperidine rings is 1. The Morgan fingerprint density at radius 3 is 2.76 bits per heavy atom. The van der Waals surface area contributed by atoms with Crippen molar-refractivity contribution in [3.8, 4) is 0 Å². The normalized spacial score (nSPS) is 22.8. The summed E-state index contributed by atoms with van der Waals surface area (Å²) in [5.41, 5.74) is 1.16. The van der Waals surface area contributed by atoms with Crippen molar-refractivity contribution in [2.24, 2.45) is 0 Å². The Morgan fingerprint density at radius 2 is 2.08 bits per heavy atom. The highest BCUT2D eigenvalue weighted by atomic mass is 32.1. The first-order chi connectivity index (χ1) is 12.1. The average Bonchev–Trinajstić information content (AvgIpc) is 3.27. The second-order valence-corrected chi connectivity index (χ2v) is 8.43. The maximum Gasteiger partial charge on any atom is 0.225 e. The van der Waals surface area contributed by atoms with Gasteiger partial charge in [0.25, 0.3) is 0 Å². The van der Waals surface area contributed by atoms with Gasteiger partial charge in [0.05, 0.1) is 12.2 Å². The monoisotopic (exact) mass is 358 g/mol. The van der Waals surface area contributed by atoms with E-state index in [0.29, 0.717) is 6.04 Å². The number of likely N-dealkylation sites (N-methyl/N-ethyl adjacent to an activating group) is 1. The van der Waals surface area contributed by atoms with Crippen molar-refractivity contribution < 1.29 is 4.74 Å². The van der Waals surface area contributed by atoms with Gasteiger partial charge in [-0.1, -0.05) is 6.07 Å². The third-order valence-corrected chi connectivity index (χ3v) is 6.38. The van der Waals surface area contributed by atoms with E-state index in [-0.39, 0.29) is 5.60 Å². The number of thiophene rings is 1. The molecule has 6 heteroatoms. The second-order valence-electron chi connectivity index (χ2n) is 7.39. The van der Waals surface area contributed by atoms with E-state index in [2.05, 4.69) is 44.3 Å². The van der Waals surface area contributed by atoms with E-state index >= 15 is 0 Å². The van der Waals surface area contributed by atoms with E-state index in [1.165, 1.54) is 4.88 Å². The summed E-state index contributed by atoms with van der Waals surface area (Å²) in [5, 5.41) is 2.15. The van der Waals surface area contributed by atoms with Crippen LogP contribution in [0.15, 0.2) is 29.9 Å². The zero-order valence-corrected chi connectivity index (χ0v) is 15.8. The number of aryl methyl sites for hydroxylation is 1. The molecule has 0 bridgehead atoms. The van der Waals surface area contributed by atoms with Crippen LogP contribution in [-0.2, 0) is 11.3 Å². The minimum absolute atomic E-state index is 0.0512. The molecule has 2 aromatic rings. The van der Waals surface area contributed by atoms with Gasteiger partial charge < -0.3 is 9.64 Å². The van der Waals surface area contributed by atoms with E-state index < -0.39 is 0 Å². The molecule has 1 atom stereocenters. The van der Waals surface area contributed by atoms with Gasteiger partial charge in [-0.3, -0.25) is 4.90 Å². The quantitative estimate of drug-likeness (QED) is 0.840. The first-order valence-corrected chi connectivity index (χ1v) is 9.92. The van der Waals surface area contributed by atoms with Crippen LogP contribution in [0.25, 0.3) is 0 Å². The molecule has 134 valence electrons. The summed E-state index contributed by atoms with van der Waals surface area (Å²) in [7, 11) is 2.22. The summed E-state index contributed by atoms with van der Waals surface area (Å²) in [6, 6.07) is 4.86. The first kappa shape index (κ1) is 16.9. The summed E-state index contributed by atoms with van der Waals surface area (Å²) < 4.78 is 6.33. The second kappa shape index (κ2) is 7.02. The van der Waals surface area contributed by atoms with Crippen LogP contribution < -0.4 is 4.90 Å². The summed E-state index contributed by atoms with van der Waals surface area (Å²) in [6.45, 7) is 5.84. The van der Waals surface area contributed by atoms with E-state index in [1.807, 2.05) is 30.7 Å². The minimum Gasteiger partial charge on any atom is -0.373 e. The molecule has 2 fully saturated rings. The molecule has 2 aliphatic heterocycles. The molecular formula is C19H26N4OS. The smallest absolute Gasteiger partial charge is 0.225 e. The zero-order valence-electron chi connectivity index (χ0n) is 15.0. The van der Waals surface area contributed by atoms with Crippen LogP contribution in [0.5, 0.6) is 0 Å². The van der Waals surface area contributed by atoms with Crippen LogP contribution in [0.1, 0.15) is 29.7 Å². The fourth-order valence-corrected chi connectivity index (χ4v) is 4.66. The van der Waals surface area contributed by atoms with Crippen molar-refractivity contribution in [1.82, 2.24) is 14.9 Å². The number of aromatic nitrogens is 2.